The first-order valence-electron chi connectivity index (χ1n) is 8.91. The van der Waals surface area contributed by atoms with Crippen LogP contribution >= 0.6 is 11.8 Å². The van der Waals surface area contributed by atoms with Gasteiger partial charge in [-0.3, -0.25) is 14.4 Å². The van der Waals surface area contributed by atoms with Crippen molar-refractivity contribution in [2.75, 3.05) is 17.7 Å². The molecular formula is C19H20N2O5S. The minimum atomic E-state index is -0.635. The molecule has 2 saturated heterocycles. The molecule has 3 aliphatic rings. The monoisotopic (exact) mass is 388 g/mol. The Hall–Kier alpha value is -2.35. The smallest absolute Gasteiger partial charge is 0.330 e. The largest absolute Gasteiger partial charge is 0.456 e. The highest BCUT2D eigenvalue weighted by Gasteiger charge is 2.53. The second-order valence-corrected chi connectivity index (χ2v) is 8.81. The number of thioether (sulfide) groups is 1. The predicted octanol–water partition coefficient (Wildman–Crippen LogP) is 1.92. The van der Waals surface area contributed by atoms with E-state index in [2.05, 4.69) is 5.32 Å². The van der Waals surface area contributed by atoms with Crippen LogP contribution < -0.4 is 5.32 Å². The number of esters is 1. The molecule has 0 bridgehead atoms. The van der Waals surface area contributed by atoms with Crippen LogP contribution in [-0.4, -0.2) is 51.7 Å². The molecule has 27 heavy (non-hydrogen) atoms. The molecule has 1 aromatic rings. The molecule has 1 aromatic carbocycles. The number of fused-ring (bicyclic) bond motifs is 2. The summed E-state index contributed by atoms with van der Waals surface area (Å²) in [6, 6.07) is 4.33. The van der Waals surface area contributed by atoms with Crippen LogP contribution in [0.5, 0.6) is 0 Å². The molecule has 1 N–H and O–H groups in total. The van der Waals surface area contributed by atoms with Gasteiger partial charge in [-0.15, -0.1) is 11.8 Å². The van der Waals surface area contributed by atoms with Crippen molar-refractivity contribution in [3.8, 4) is 0 Å². The lowest BCUT2D eigenvalue weighted by Gasteiger charge is -2.29. The van der Waals surface area contributed by atoms with E-state index in [0.717, 1.165) is 12.0 Å². The van der Waals surface area contributed by atoms with Crippen LogP contribution in [0.25, 0.3) is 0 Å². The maximum Gasteiger partial charge on any atom is 0.330 e. The Bertz CT molecular complexity index is 870. The van der Waals surface area contributed by atoms with Gasteiger partial charge in [0.05, 0.1) is 10.8 Å². The fraction of sp³-hybridized carbons (Fsp3) is 0.474. The number of benzene rings is 1. The first-order chi connectivity index (χ1) is 12.8. The van der Waals surface area contributed by atoms with Crippen LogP contribution in [0.15, 0.2) is 18.2 Å². The van der Waals surface area contributed by atoms with Crippen molar-refractivity contribution in [3.63, 3.8) is 0 Å². The molecule has 3 aliphatic heterocycles. The number of Topliss-reactive ketones (excluding diaryl/α,β-unsaturated/α-hetero) is 1. The highest BCUT2D eigenvalue weighted by Crippen LogP contribution is 2.47. The fourth-order valence-corrected chi connectivity index (χ4v) is 5.32. The summed E-state index contributed by atoms with van der Waals surface area (Å²) in [4.78, 5) is 50.0. The van der Waals surface area contributed by atoms with Crippen LogP contribution in [0.3, 0.4) is 0 Å². The summed E-state index contributed by atoms with van der Waals surface area (Å²) in [5.41, 5.74) is 1.87. The molecule has 7 nitrogen and oxygen atoms in total. The zero-order valence-electron chi connectivity index (χ0n) is 15.1. The van der Waals surface area contributed by atoms with Gasteiger partial charge >= 0.3 is 5.97 Å². The van der Waals surface area contributed by atoms with Gasteiger partial charge in [0.2, 0.25) is 11.8 Å². The number of hydrogen-bond donors (Lipinski definition) is 1. The van der Waals surface area contributed by atoms with Gasteiger partial charge < -0.3 is 15.0 Å². The Labute approximate surface area is 160 Å². The molecule has 8 heteroatoms. The Morgan fingerprint density at radius 1 is 1.37 bits per heavy atom. The van der Waals surface area contributed by atoms with Crippen molar-refractivity contribution in [2.24, 2.45) is 0 Å². The maximum absolute atomic E-state index is 12.5. The van der Waals surface area contributed by atoms with E-state index >= 15 is 0 Å². The second kappa shape index (κ2) is 6.37. The molecule has 2 fully saturated rings. The quantitative estimate of drug-likeness (QED) is 0.626. The van der Waals surface area contributed by atoms with E-state index in [1.54, 1.807) is 41.8 Å². The Morgan fingerprint density at radius 2 is 2.15 bits per heavy atom. The van der Waals surface area contributed by atoms with Gasteiger partial charge in [0, 0.05) is 23.4 Å². The van der Waals surface area contributed by atoms with Crippen molar-refractivity contribution >= 4 is 41.0 Å². The summed E-state index contributed by atoms with van der Waals surface area (Å²) in [6.07, 6.45) is 1.16. The Balaban J connectivity index is 1.41. The maximum atomic E-state index is 12.5. The number of carbonyl (C=O) groups excluding carboxylic acids is 4. The van der Waals surface area contributed by atoms with Crippen LogP contribution in [0.4, 0.5) is 5.69 Å². The van der Waals surface area contributed by atoms with E-state index in [1.165, 1.54) is 0 Å². The summed E-state index contributed by atoms with van der Waals surface area (Å²) in [7, 11) is 0. The molecular weight excluding hydrogens is 368 g/mol. The van der Waals surface area contributed by atoms with Crippen molar-refractivity contribution in [3.05, 3.63) is 29.3 Å². The third kappa shape index (κ3) is 2.92. The highest BCUT2D eigenvalue weighted by atomic mass is 32.2. The van der Waals surface area contributed by atoms with Gasteiger partial charge in [0.15, 0.2) is 12.4 Å². The molecule has 142 valence electrons. The lowest BCUT2D eigenvalue weighted by molar-refractivity contribution is -0.152. The lowest BCUT2D eigenvalue weighted by Crippen LogP contribution is -2.46. The molecule has 2 amide bonds. The van der Waals surface area contributed by atoms with Gasteiger partial charge in [-0.05, 0) is 44.0 Å². The average Bonchev–Trinajstić information content (AvgIpc) is 3.24. The van der Waals surface area contributed by atoms with Gasteiger partial charge in [-0.2, -0.15) is 0 Å². The summed E-state index contributed by atoms with van der Waals surface area (Å²) < 4.78 is 5.23. The third-order valence-corrected chi connectivity index (χ3v) is 7.06. The fourth-order valence-electron chi connectivity index (χ4n) is 3.90. The number of amides is 2. The first-order valence-corrected chi connectivity index (χ1v) is 9.89. The summed E-state index contributed by atoms with van der Waals surface area (Å²) in [5.74, 6) is -0.845. The molecule has 0 saturated carbocycles. The lowest BCUT2D eigenvalue weighted by atomic mass is 9.99. The number of hydrogen-bond acceptors (Lipinski definition) is 6. The number of ketones is 1. The van der Waals surface area contributed by atoms with Crippen LogP contribution in [0.2, 0.25) is 0 Å². The Morgan fingerprint density at radius 3 is 2.93 bits per heavy atom. The summed E-state index contributed by atoms with van der Waals surface area (Å²) in [5, 5.41) is 2.75. The molecule has 3 heterocycles. The van der Waals surface area contributed by atoms with Crippen LogP contribution in [-0.2, 0) is 19.1 Å². The van der Waals surface area contributed by atoms with E-state index in [1.807, 2.05) is 6.92 Å². The van der Waals surface area contributed by atoms with Crippen molar-refractivity contribution in [1.82, 2.24) is 4.90 Å². The average molecular weight is 388 g/mol. The van der Waals surface area contributed by atoms with E-state index < -0.39 is 12.0 Å². The molecule has 3 atom stereocenters. The SMILES string of the molecule is C[C@H]1C(=O)Nc2ccc(C(=O)COC(=O)[C@H]3CS[C@@]4(C)CCC(=O)N34)cc21. The molecule has 0 unspecified atom stereocenters. The van der Waals surface area contributed by atoms with Gasteiger partial charge in [0.1, 0.15) is 6.04 Å². The minimum Gasteiger partial charge on any atom is -0.456 e. The van der Waals surface area contributed by atoms with Gasteiger partial charge in [0.25, 0.3) is 0 Å². The van der Waals surface area contributed by atoms with Gasteiger partial charge in [-0.25, -0.2) is 4.79 Å². The number of rotatable bonds is 4. The number of nitrogens with zero attached hydrogens (tertiary/aromatic N) is 1. The van der Waals surface area contributed by atoms with E-state index in [0.29, 0.717) is 23.4 Å². The van der Waals surface area contributed by atoms with E-state index in [4.69, 9.17) is 4.74 Å². The number of carbonyl (C=O) groups is 4. The molecule has 4 rings (SSSR count). The van der Waals surface area contributed by atoms with E-state index in [-0.39, 0.29) is 35.0 Å². The third-order valence-electron chi connectivity index (χ3n) is 5.55. The summed E-state index contributed by atoms with van der Waals surface area (Å²) in [6.45, 7) is 3.35. The molecule has 0 aromatic heterocycles. The number of anilines is 1. The number of ether oxygens (including phenoxy) is 1. The van der Waals surface area contributed by atoms with Crippen molar-refractivity contribution < 1.29 is 23.9 Å². The second-order valence-electron chi connectivity index (χ2n) is 7.31. The van der Waals surface area contributed by atoms with Crippen molar-refractivity contribution in [1.29, 1.82) is 0 Å². The molecule has 0 spiro atoms. The number of nitrogens with one attached hydrogen (secondary N) is 1. The first kappa shape index (κ1) is 18.0. The standard InChI is InChI=1S/C19H20N2O5S/c1-10-12-7-11(3-4-13(12)20-17(10)24)15(22)8-26-18(25)14-9-27-19(2)6-5-16(23)21(14)19/h3-4,7,10,14H,5-6,8-9H2,1-2H3,(H,20,24)/t10-,14-,19+/m1/s1. The van der Waals surface area contributed by atoms with Gasteiger partial charge in [-0.1, -0.05) is 0 Å². The van der Waals surface area contributed by atoms with E-state index in [9.17, 15) is 19.2 Å². The zero-order chi connectivity index (χ0) is 19.3. The highest BCUT2D eigenvalue weighted by molar-refractivity contribution is 8.01. The normalized spacial score (nSPS) is 28.7. The minimum absolute atomic E-state index is 0.0412. The van der Waals surface area contributed by atoms with Crippen LogP contribution in [0.1, 0.15) is 48.5 Å². The zero-order valence-corrected chi connectivity index (χ0v) is 15.9. The predicted molar refractivity (Wildman–Crippen MR) is 99.5 cm³/mol. The van der Waals surface area contributed by atoms with Crippen molar-refractivity contribution in [2.45, 2.75) is 43.5 Å². The Kier molecular flexibility index (Phi) is 4.25. The topological polar surface area (TPSA) is 92.8 Å². The summed E-state index contributed by atoms with van der Waals surface area (Å²) >= 11 is 1.58. The van der Waals surface area contributed by atoms with Crippen LogP contribution in [0, 0.1) is 0 Å². The molecule has 0 aliphatic carbocycles. The molecule has 0 radical (unpaired) electrons.